The standard InChI is InChI=1S/C19H26N4O4/c1-26-15-8-14(9-20-10-15)13-2-5-22(6-3-13)19(25)23-7-4-17-16(11-23)21-18(24)12-27-17/h8-10,13,16-17H,2-7,11-12H2,1H3,(H,21,24). The number of ether oxygens (including phenoxy) is 2. The fourth-order valence-corrected chi connectivity index (χ4v) is 4.25. The maximum atomic E-state index is 12.9. The molecule has 1 aromatic heterocycles. The number of hydrogen-bond donors (Lipinski definition) is 1. The van der Waals surface area contributed by atoms with Gasteiger partial charge in [0.1, 0.15) is 12.4 Å². The number of pyridine rings is 1. The van der Waals surface area contributed by atoms with E-state index in [9.17, 15) is 9.59 Å². The lowest BCUT2D eigenvalue weighted by molar-refractivity contribution is -0.139. The number of carbonyl (C=O) groups is 2. The molecule has 1 N–H and O–H groups in total. The third-order valence-corrected chi connectivity index (χ3v) is 5.80. The number of hydrogen-bond acceptors (Lipinski definition) is 5. The molecule has 4 rings (SSSR count). The molecule has 8 heteroatoms. The fraction of sp³-hybridized carbons (Fsp3) is 0.632. The molecule has 3 aliphatic heterocycles. The van der Waals surface area contributed by atoms with Gasteiger partial charge in [-0.05, 0) is 36.8 Å². The van der Waals surface area contributed by atoms with Crippen LogP contribution in [0.15, 0.2) is 18.5 Å². The minimum atomic E-state index is -0.0988. The minimum absolute atomic E-state index is 0.0260. The summed E-state index contributed by atoms with van der Waals surface area (Å²) in [6, 6.07) is 2.01. The Morgan fingerprint density at radius 3 is 2.78 bits per heavy atom. The summed E-state index contributed by atoms with van der Waals surface area (Å²) in [7, 11) is 1.64. The molecule has 0 spiro atoms. The summed E-state index contributed by atoms with van der Waals surface area (Å²) in [5, 5.41) is 2.95. The van der Waals surface area contributed by atoms with Crippen molar-refractivity contribution in [3.63, 3.8) is 0 Å². The van der Waals surface area contributed by atoms with Crippen molar-refractivity contribution in [2.45, 2.75) is 37.3 Å². The number of nitrogens with zero attached hydrogens (tertiary/aromatic N) is 3. The molecule has 4 heterocycles. The van der Waals surface area contributed by atoms with Crippen molar-refractivity contribution in [1.82, 2.24) is 20.1 Å². The second-order valence-electron chi connectivity index (χ2n) is 7.46. The number of carbonyl (C=O) groups excluding carboxylic acids is 2. The lowest BCUT2D eigenvalue weighted by atomic mass is 9.90. The van der Waals surface area contributed by atoms with Gasteiger partial charge in [-0.1, -0.05) is 0 Å². The third kappa shape index (κ3) is 3.85. The number of amides is 3. The zero-order chi connectivity index (χ0) is 18.8. The highest BCUT2D eigenvalue weighted by atomic mass is 16.5. The molecule has 0 radical (unpaired) electrons. The first-order chi connectivity index (χ1) is 13.1. The molecule has 27 heavy (non-hydrogen) atoms. The van der Waals surface area contributed by atoms with Gasteiger partial charge in [0.05, 0.1) is 25.5 Å². The van der Waals surface area contributed by atoms with E-state index >= 15 is 0 Å². The van der Waals surface area contributed by atoms with Gasteiger partial charge in [0.25, 0.3) is 0 Å². The SMILES string of the molecule is COc1cncc(C2CCN(C(=O)N3CCC4OCC(=O)NC4C3)CC2)c1. The molecule has 8 nitrogen and oxygen atoms in total. The van der Waals surface area contributed by atoms with Crippen molar-refractivity contribution in [3.8, 4) is 5.75 Å². The molecule has 0 aromatic carbocycles. The molecule has 3 saturated heterocycles. The average molecular weight is 374 g/mol. The van der Waals surface area contributed by atoms with Gasteiger partial charge in [0, 0.05) is 32.4 Å². The summed E-state index contributed by atoms with van der Waals surface area (Å²) in [5.41, 5.74) is 1.17. The minimum Gasteiger partial charge on any atom is -0.495 e. The van der Waals surface area contributed by atoms with E-state index in [2.05, 4.69) is 10.3 Å². The zero-order valence-corrected chi connectivity index (χ0v) is 15.6. The number of likely N-dealkylation sites (tertiary alicyclic amines) is 2. The Hall–Kier alpha value is -2.35. The molecule has 2 unspecified atom stereocenters. The second kappa shape index (κ2) is 7.72. The molecule has 3 aliphatic rings. The van der Waals surface area contributed by atoms with Gasteiger partial charge in [0.15, 0.2) is 0 Å². The number of urea groups is 1. The fourth-order valence-electron chi connectivity index (χ4n) is 4.25. The smallest absolute Gasteiger partial charge is 0.320 e. The number of aromatic nitrogens is 1. The predicted molar refractivity (Wildman–Crippen MR) is 97.6 cm³/mol. The molecule has 0 aliphatic carbocycles. The number of piperidine rings is 2. The van der Waals surface area contributed by atoms with Crippen LogP contribution in [-0.2, 0) is 9.53 Å². The topological polar surface area (TPSA) is 84.0 Å². The van der Waals surface area contributed by atoms with Crippen LogP contribution in [0.3, 0.4) is 0 Å². The molecular formula is C19H26N4O4. The van der Waals surface area contributed by atoms with Crippen LogP contribution in [0.1, 0.15) is 30.7 Å². The maximum Gasteiger partial charge on any atom is 0.320 e. The number of rotatable bonds is 2. The lowest BCUT2D eigenvalue weighted by Gasteiger charge is -2.43. The van der Waals surface area contributed by atoms with Crippen LogP contribution < -0.4 is 10.1 Å². The van der Waals surface area contributed by atoms with Gasteiger partial charge >= 0.3 is 6.03 Å². The Labute approximate surface area is 158 Å². The van der Waals surface area contributed by atoms with Crippen molar-refractivity contribution in [3.05, 3.63) is 24.0 Å². The van der Waals surface area contributed by atoms with Crippen LogP contribution in [0, 0.1) is 0 Å². The number of fused-ring (bicyclic) bond motifs is 1. The van der Waals surface area contributed by atoms with Crippen LogP contribution in [0.2, 0.25) is 0 Å². The van der Waals surface area contributed by atoms with Crippen molar-refractivity contribution in [2.75, 3.05) is 39.9 Å². The molecule has 0 saturated carbocycles. The summed E-state index contributed by atoms with van der Waals surface area (Å²) in [6.45, 7) is 2.79. The van der Waals surface area contributed by atoms with E-state index in [0.717, 1.165) is 38.1 Å². The van der Waals surface area contributed by atoms with Crippen molar-refractivity contribution in [2.24, 2.45) is 0 Å². The average Bonchev–Trinajstić information content (AvgIpc) is 2.73. The first-order valence-electron chi connectivity index (χ1n) is 9.58. The van der Waals surface area contributed by atoms with Gasteiger partial charge in [-0.3, -0.25) is 9.78 Å². The van der Waals surface area contributed by atoms with E-state index in [1.54, 1.807) is 13.3 Å². The molecule has 3 amide bonds. The Kier molecular flexibility index (Phi) is 5.15. The lowest BCUT2D eigenvalue weighted by Crippen LogP contribution is -2.62. The van der Waals surface area contributed by atoms with Gasteiger partial charge in [-0.15, -0.1) is 0 Å². The third-order valence-electron chi connectivity index (χ3n) is 5.80. The highest BCUT2D eigenvalue weighted by molar-refractivity contribution is 5.79. The Bertz CT molecular complexity index is 705. The predicted octanol–water partition coefficient (Wildman–Crippen LogP) is 0.979. The van der Waals surface area contributed by atoms with Gasteiger partial charge in [-0.2, -0.15) is 0 Å². The Balaban J connectivity index is 1.32. The first kappa shape index (κ1) is 18.0. The highest BCUT2D eigenvalue weighted by Gasteiger charge is 2.38. The molecule has 1 aromatic rings. The number of nitrogens with one attached hydrogen (secondary N) is 1. The van der Waals surface area contributed by atoms with Gasteiger partial charge in [-0.25, -0.2) is 4.79 Å². The molecular weight excluding hydrogens is 348 g/mol. The Morgan fingerprint density at radius 1 is 1.22 bits per heavy atom. The molecule has 3 fully saturated rings. The van der Waals surface area contributed by atoms with E-state index in [0.29, 0.717) is 19.0 Å². The van der Waals surface area contributed by atoms with E-state index in [1.165, 1.54) is 5.56 Å². The van der Waals surface area contributed by atoms with Gasteiger partial charge < -0.3 is 24.6 Å². The summed E-state index contributed by atoms with van der Waals surface area (Å²) < 4.78 is 10.8. The summed E-state index contributed by atoms with van der Waals surface area (Å²) in [6.07, 6.45) is 6.22. The van der Waals surface area contributed by atoms with Crippen LogP contribution in [0.5, 0.6) is 5.75 Å². The Morgan fingerprint density at radius 2 is 2.00 bits per heavy atom. The largest absolute Gasteiger partial charge is 0.495 e. The monoisotopic (exact) mass is 374 g/mol. The van der Waals surface area contributed by atoms with Crippen molar-refractivity contribution >= 4 is 11.9 Å². The number of methoxy groups -OCH3 is 1. The van der Waals surface area contributed by atoms with Crippen molar-refractivity contribution in [1.29, 1.82) is 0 Å². The van der Waals surface area contributed by atoms with E-state index in [1.807, 2.05) is 22.1 Å². The van der Waals surface area contributed by atoms with Crippen LogP contribution in [-0.4, -0.2) is 78.8 Å². The van der Waals surface area contributed by atoms with E-state index in [-0.39, 0.29) is 30.7 Å². The quantitative estimate of drug-likeness (QED) is 0.834. The normalized spacial score (nSPS) is 26.3. The summed E-state index contributed by atoms with van der Waals surface area (Å²) >= 11 is 0. The molecule has 2 atom stereocenters. The molecule has 146 valence electrons. The number of morpholine rings is 1. The van der Waals surface area contributed by atoms with Crippen LogP contribution in [0.25, 0.3) is 0 Å². The van der Waals surface area contributed by atoms with Crippen LogP contribution in [0.4, 0.5) is 4.79 Å². The maximum absolute atomic E-state index is 12.9. The summed E-state index contributed by atoms with van der Waals surface area (Å²) in [5.74, 6) is 1.07. The highest BCUT2D eigenvalue weighted by Crippen LogP contribution is 2.30. The van der Waals surface area contributed by atoms with Crippen molar-refractivity contribution < 1.29 is 19.1 Å². The van der Waals surface area contributed by atoms with Gasteiger partial charge in [0.2, 0.25) is 5.91 Å². The van der Waals surface area contributed by atoms with E-state index in [4.69, 9.17) is 9.47 Å². The second-order valence-corrected chi connectivity index (χ2v) is 7.46. The zero-order valence-electron chi connectivity index (χ0n) is 15.6. The first-order valence-corrected chi connectivity index (χ1v) is 9.58. The summed E-state index contributed by atoms with van der Waals surface area (Å²) in [4.78, 5) is 32.5. The molecule has 0 bridgehead atoms. The van der Waals surface area contributed by atoms with E-state index < -0.39 is 0 Å². The van der Waals surface area contributed by atoms with Crippen LogP contribution >= 0.6 is 0 Å².